The smallest absolute Gasteiger partial charge is 0.137 e. The zero-order valence-corrected chi connectivity index (χ0v) is 32.6. The van der Waals surface area contributed by atoms with Crippen LogP contribution in [0.1, 0.15) is 23.6 Å². The summed E-state index contributed by atoms with van der Waals surface area (Å²) in [6, 6.07) is 69.2. The third-order valence-electron chi connectivity index (χ3n) is 12.9. The standard InChI is InChI=1S/C56H35NO3/c1-56(36-15-3-2-4-16-36)44-31-35(28-29-38(44)42-33-53-43(32-45(42)56)39-18-5-8-23-48(39)60-53)34-14-11-17-37(30-34)57(46-21-12-26-51-54(46)40-19-6-9-24-49(40)58-51)47-22-13-27-52-55(47)41-20-7-10-25-50(41)59-52/h2-33H,1H3. The Bertz CT molecular complexity index is 3590. The topological polar surface area (TPSA) is 42.7 Å². The summed E-state index contributed by atoms with van der Waals surface area (Å²) in [5.74, 6) is 0. The second-order valence-corrected chi connectivity index (χ2v) is 16.1. The fraction of sp³-hybridized carbons (Fsp3) is 0.0357. The molecule has 13 rings (SSSR count). The zero-order valence-electron chi connectivity index (χ0n) is 32.6. The Morgan fingerprint density at radius 2 is 0.900 bits per heavy atom. The Morgan fingerprint density at radius 3 is 1.58 bits per heavy atom. The van der Waals surface area contributed by atoms with Gasteiger partial charge in [0.15, 0.2) is 0 Å². The van der Waals surface area contributed by atoms with Gasteiger partial charge in [0.25, 0.3) is 0 Å². The molecule has 12 aromatic rings. The lowest BCUT2D eigenvalue weighted by Gasteiger charge is -2.29. The number of anilines is 3. The highest BCUT2D eigenvalue weighted by atomic mass is 16.3. The van der Waals surface area contributed by atoms with Crippen LogP contribution in [0.4, 0.5) is 17.1 Å². The number of furan rings is 3. The average Bonchev–Trinajstić information content (AvgIpc) is 4.05. The molecule has 0 aliphatic heterocycles. The van der Waals surface area contributed by atoms with E-state index in [1.165, 1.54) is 27.8 Å². The largest absolute Gasteiger partial charge is 0.456 e. The van der Waals surface area contributed by atoms with Gasteiger partial charge in [0.2, 0.25) is 0 Å². The molecule has 0 spiro atoms. The van der Waals surface area contributed by atoms with Crippen molar-refractivity contribution in [2.45, 2.75) is 12.3 Å². The molecular formula is C56H35NO3. The molecular weight excluding hydrogens is 735 g/mol. The molecule has 0 bridgehead atoms. The molecule has 0 radical (unpaired) electrons. The summed E-state index contributed by atoms with van der Waals surface area (Å²) in [5.41, 5.74) is 16.5. The first kappa shape index (κ1) is 33.2. The highest BCUT2D eigenvalue weighted by molar-refractivity contribution is 6.18. The molecule has 3 aromatic heterocycles. The third-order valence-corrected chi connectivity index (χ3v) is 12.9. The van der Waals surface area contributed by atoms with E-state index in [-0.39, 0.29) is 0 Å². The Labute approximate surface area is 345 Å². The molecule has 3 heterocycles. The number of nitrogens with zero attached hydrogens (tertiary/aromatic N) is 1. The van der Waals surface area contributed by atoms with Gasteiger partial charge < -0.3 is 18.2 Å². The van der Waals surface area contributed by atoms with Crippen LogP contribution in [0, 0.1) is 0 Å². The molecule has 60 heavy (non-hydrogen) atoms. The SMILES string of the molecule is CC1(c2ccccc2)c2cc(-c3cccc(N(c4cccc5oc6ccccc6c45)c4cccc5oc6ccccc6c45)c3)ccc2-c2cc3oc4ccccc4c3cc21. The van der Waals surface area contributed by atoms with Crippen molar-refractivity contribution in [1.29, 1.82) is 0 Å². The molecule has 1 unspecified atom stereocenters. The lowest BCUT2D eigenvalue weighted by atomic mass is 9.73. The van der Waals surface area contributed by atoms with Crippen molar-refractivity contribution >= 4 is 82.9 Å². The van der Waals surface area contributed by atoms with Gasteiger partial charge in [-0.15, -0.1) is 0 Å². The first-order chi connectivity index (χ1) is 29.6. The normalized spacial score (nSPS) is 14.8. The molecule has 4 nitrogen and oxygen atoms in total. The van der Waals surface area contributed by atoms with Gasteiger partial charge in [0.1, 0.15) is 33.5 Å². The molecule has 282 valence electrons. The summed E-state index contributed by atoms with van der Waals surface area (Å²) in [6.07, 6.45) is 0. The summed E-state index contributed by atoms with van der Waals surface area (Å²) < 4.78 is 19.4. The van der Waals surface area contributed by atoms with Gasteiger partial charge >= 0.3 is 0 Å². The fourth-order valence-electron chi connectivity index (χ4n) is 10.1. The van der Waals surface area contributed by atoms with Crippen LogP contribution in [0.25, 0.3) is 88.1 Å². The van der Waals surface area contributed by atoms with Gasteiger partial charge in [-0.1, -0.05) is 121 Å². The van der Waals surface area contributed by atoms with Crippen molar-refractivity contribution in [3.63, 3.8) is 0 Å². The van der Waals surface area contributed by atoms with Crippen molar-refractivity contribution in [3.05, 3.63) is 211 Å². The first-order valence-corrected chi connectivity index (χ1v) is 20.5. The highest BCUT2D eigenvalue weighted by Gasteiger charge is 2.41. The van der Waals surface area contributed by atoms with Gasteiger partial charge in [-0.2, -0.15) is 0 Å². The van der Waals surface area contributed by atoms with Gasteiger partial charge in [-0.05, 0) is 119 Å². The second-order valence-electron chi connectivity index (χ2n) is 16.1. The number of para-hydroxylation sites is 3. The van der Waals surface area contributed by atoms with E-state index in [0.29, 0.717) is 0 Å². The lowest BCUT2D eigenvalue weighted by Crippen LogP contribution is -2.22. The molecule has 1 atom stereocenters. The third kappa shape index (κ3) is 4.61. The monoisotopic (exact) mass is 769 g/mol. The summed E-state index contributed by atoms with van der Waals surface area (Å²) in [4.78, 5) is 2.38. The van der Waals surface area contributed by atoms with Crippen LogP contribution in [0.3, 0.4) is 0 Å². The molecule has 1 aliphatic carbocycles. The Hall–Kier alpha value is -7.82. The summed E-state index contributed by atoms with van der Waals surface area (Å²) >= 11 is 0. The Morgan fingerprint density at radius 1 is 0.367 bits per heavy atom. The van der Waals surface area contributed by atoms with Crippen molar-refractivity contribution in [3.8, 4) is 22.3 Å². The van der Waals surface area contributed by atoms with E-state index in [2.05, 4.69) is 176 Å². The minimum absolute atomic E-state index is 0.395. The molecule has 0 N–H and O–H groups in total. The molecule has 0 saturated carbocycles. The minimum atomic E-state index is -0.395. The number of benzene rings is 9. The molecule has 0 saturated heterocycles. The summed E-state index contributed by atoms with van der Waals surface area (Å²) in [6.45, 7) is 2.38. The maximum absolute atomic E-state index is 6.47. The predicted octanol–water partition coefficient (Wildman–Crippen LogP) is 15.9. The van der Waals surface area contributed by atoms with Crippen LogP contribution < -0.4 is 4.90 Å². The second kappa shape index (κ2) is 12.3. The van der Waals surface area contributed by atoms with E-state index >= 15 is 0 Å². The van der Waals surface area contributed by atoms with Gasteiger partial charge in [0, 0.05) is 32.6 Å². The molecule has 1 aliphatic rings. The molecule has 9 aromatic carbocycles. The zero-order chi connectivity index (χ0) is 39.5. The van der Waals surface area contributed by atoms with Crippen LogP contribution in [-0.2, 0) is 5.41 Å². The number of rotatable bonds is 5. The van der Waals surface area contributed by atoms with E-state index in [0.717, 1.165) is 94.0 Å². The number of hydrogen-bond donors (Lipinski definition) is 0. The van der Waals surface area contributed by atoms with Crippen LogP contribution >= 0.6 is 0 Å². The minimum Gasteiger partial charge on any atom is -0.456 e. The van der Waals surface area contributed by atoms with E-state index in [1.807, 2.05) is 30.3 Å². The quantitative estimate of drug-likeness (QED) is 0.175. The van der Waals surface area contributed by atoms with Crippen molar-refractivity contribution in [1.82, 2.24) is 0 Å². The van der Waals surface area contributed by atoms with E-state index in [9.17, 15) is 0 Å². The van der Waals surface area contributed by atoms with E-state index < -0.39 is 5.41 Å². The summed E-state index contributed by atoms with van der Waals surface area (Å²) in [5, 5.41) is 6.57. The van der Waals surface area contributed by atoms with Gasteiger partial charge in [0.05, 0.1) is 22.1 Å². The molecule has 0 fully saturated rings. The van der Waals surface area contributed by atoms with Crippen molar-refractivity contribution < 1.29 is 13.3 Å². The predicted molar refractivity (Wildman–Crippen MR) is 246 cm³/mol. The first-order valence-electron chi connectivity index (χ1n) is 20.5. The van der Waals surface area contributed by atoms with Crippen molar-refractivity contribution in [2.75, 3.05) is 4.90 Å². The fourth-order valence-corrected chi connectivity index (χ4v) is 10.1. The molecule has 0 amide bonds. The Kier molecular flexibility index (Phi) is 6.83. The van der Waals surface area contributed by atoms with E-state index in [1.54, 1.807) is 0 Å². The summed E-state index contributed by atoms with van der Waals surface area (Å²) in [7, 11) is 0. The van der Waals surface area contributed by atoms with Gasteiger partial charge in [-0.3, -0.25) is 0 Å². The molecule has 4 heteroatoms. The maximum Gasteiger partial charge on any atom is 0.137 e. The van der Waals surface area contributed by atoms with Crippen LogP contribution in [0.2, 0.25) is 0 Å². The number of hydrogen-bond acceptors (Lipinski definition) is 4. The number of fused-ring (bicyclic) bond motifs is 12. The van der Waals surface area contributed by atoms with Crippen LogP contribution in [-0.4, -0.2) is 0 Å². The Balaban J connectivity index is 1.03. The highest BCUT2D eigenvalue weighted by Crippen LogP contribution is 2.55. The van der Waals surface area contributed by atoms with E-state index in [4.69, 9.17) is 13.3 Å². The van der Waals surface area contributed by atoms with Gasteiger partial charge in [-0.25, -0.2) is 0 Å². The lowest BCUT2D eigenvalue weighted by molar-refractivity contribution is 0.668. The van der Waals surface area contributed by atoms with Crippen LogP contribution in [0.5, 0.6) is 0 Å². The van der Waals surface area contributed by atoms with Crippen molar-refractivity contribution in [2.24, 2.45) is 0 Å². The van der Waals surface area contributed by atoms with Crippen LogP contribution in [0.15, 0.2) is 207 Å². The maximum atomic E-state index is 6.47. The average molecular weight is 770 g/mol.